The molecule has 2 aliphatic rings. The zero-order valence-corrected chi connectivity index (χ0v) is 46.9. The number of carbonyl (C=O) groups excluding carboxylic acids is 7. The molecule has 2 heterocycles. The average Bonchev–Trinajstić information content (AvgIpc) is 1.62. The van der Waals surface area contributed by atoms with Crippen molar-refractivity contribution in [3.8, 4) is 0 Å². The van der Waals surface area contributed by atoms with Crippen LogP contribution in [-0.2, 0) is 47.4 Å². The fourth-order valence-corrected chi connectivity index (χ4v) is 10.7. The Morgan fingerprint density at radius 2 is 0.616 bits per heavy atom. The summed E-state index contributed by atoms with van der Waals surface area (Å²) in [6.45, 7) is 0.506. The van der Waals surface area contributed by atoms with E-state index in [4.69, 9.17) is 47.4 Å². The molecule has 0 unspecified atom stereocenters. The molecule has 0 radical (unpaired) electrons. The number of thioether (sulfide) groups is 1. The maximum absolute atomic E-state index is 14.5. The second-order valence-corrected chi connectivity index (χ2v) is 20.8. The second kappa shape index (κ2) is 28.7. The van der Waals surface area contributed by atoms with Crippen LogP contribution >= 0.6 is 11.8 Å². The molecular formula is C68H56O17S. The van der Waals surface area contributed by atoms with Crippen molar-refractivity contribution in [1.29, 1.82) is 0 Å². The van der Waals surface area contributed by atoms with Gasteiger partial charge in [-0.1, -0.05) is 157 Å². The van der Waals surface area contributed by atoms with Gasteiger partial charge in [-0.15, -0.1) is 0 Å². The fraction of sp³-hybridized carbons (Fsp3) is 0.191. The molecule has 0 amide bonds. The van der Waals surface area contributed by atoms with Crippen molar-refractivity contribution >= 4 is 53.5 Å². The van der Waals surface area contributed by atoms with Crippen LogP contribution in [0.1, 0.15) is 78.1 Å². The standard InChI is InChI=1S/C68H56O17S/c1-43-25-23-24-40-53(43)86-68-59(85-66(75)50-38-21-8-22-39-50)57(83-64(73)48-34-17-6-18-35-48)55(81-62(71)46-30-13-4-14-31-46)52(79-68)42-77-67-58(84-65(74)49-36-19-7-20-37-49)56(82-63(72)47-32-15-5-16-33-47)54(80-61(70)45-28-11-3-12-29-45)51(78-67)41-76-60(69)44-26-9-2-10-27-44/h2-40,51-52,54-59,67-68H,41-42H2,1H3/t51-,52-,54+,55-,56+,57+,58-,59-,67-,68+/m1/s1. The van der Waals surface area contributed by atoms with Crippen LogP contribution in [0.2, 0.25) is 0 Å². The Labute approximate surface area is 499 Å². The lowest BCUT2D eigenvalue weighted by Gasteiger charge is -2.46. The number of esters is 7. The highest BCUT2D eigenvalue weighted by atomic mass is 32.2. The summed E-state index contributed by atoms with van der Waals surface area (Å²) in [7, 11) is 0. The number of rotatable bonds is 20. The summed E-state index contributed by atoms with van der Waals surface area (Å²) in [4.78, 5) is 101. The molecule has 0 aliphatic carbocycles. The lowest BCUT2D eigenvalue weighted by molar-refractivity contribution is -0.309. The minimum atomic E-state index is -1.86. The van der Waals surface area contributed by atoms with Gasteiger partial charge in [-0.3, -0.25) is 0 Å². The van der Waals surface area contributed by atoms with Crippen molar-refractivity contribution in [2.24, 2.45) is 0 Å². The van der Waals surface area contributed by atoms with Crippen LogP contribution in [0.5, 0.6) is 0 Å². The summed E-state index contributed by atoms with van der Waals surface area (Å²) in [5.41, 5.74) is 0.211. The zero-order chi connectivity index (χ0) is 59.8. The minimum Gasteiger partial charge on any atom is -0.459 e. The highest BCUT2D eigenvalue weighted by Gasteiger charge is 2.57. The van der Waals surface area contributed by atoms with E-state index in [1.54, 1.807) is 146 Å². The van der Waals surface area contributed by atoms with Gasteiger partial charge >= 0.3 is 41.8 Å². The van der Waals surface area contributed by atoms with Crippen LogP contribution in [-0.4, -0.2) is 116 Å². The van der Waals surface area contributed by atoms with Crippen molar-refractivity contribution < 1.29 is 80.9 Å². The first-order valence-corrected chi connectivity index (χ1v) is 28.3. The van der Waals surface area contributed by atoms with Gasteiger partial charge in [-0.25, -0.2) is 33.6 Å². The molecule has 2 aliphatic heterocycles. The summed E-state index contributed by atoms with van der Waals surface area (Å²) in [6, 6.07) is 63.1. The summed E-state index contributed by atoms with van der Waals surface area (Å²) >= 11 is 1.13. The molecule has 0 saturated carbocycles. The van der Waals surface area contributed by atoms with Crippen LogP contribution in [0, 0.1) is 6.92 Å². The molecule has 0 N–H and O–H groups in total. The first kappa shape index (κ1) is 59.4. The SMILES string of the molecule is Cc1ccccc1S[C@@H]1O[C@H](CO[C@@H]2O[C@H](COC(=O)c3ccccc3)[C@H](OC(=O)c3ccccc3)[C@H](OC(=O)c3ccccc3)[C@H]2OC(=O)c2ccccc2)[C@@H](OC(=O)c2ccccc2)[C@H](OC(=O)c2ccccc2)[C@H]1OC(=O)c1ccccc1. The van der Waals surface area contributed by atoms with E-state index >= 15 is 0 Å². The third-order valence-corrected chi connectivity index (χ3v) is 15.2. The van der Waals surface area contributed by atoms with Crippen molar-refractivity contribution in [3.05, 3.63) is 281 Å². The van der Waals surface area contributed by atoms with E-state index in [1.165, 1.54) is 72.8 Å². The Hall–Kier alpha value is -9.72. The molecule has 436 valence electrons. The first-order valence-electron chi connectivity index (χ1n) is 27.4. The maximum Gasteiger partial charge on any atom is 0.338 e. The van der Waals surface area contributed by atoms with Crippen LogP contribution in [0.3, 0.4) is 0 Å². The number of benzene rings is 8. The van der Waals surface area contributed by atoms with E-state index in [0.29, 0.717) is 4.90 Å². The molecule has 8 aromatic rings. The molecule has 8 aromatic carbocycles. The molecule has 18 heteroatoms. The van der Waals surface area contributed by atoms with Gasteiger partial charge in [0, 0.05) is 4.90 Å². The van der Waals surface area contributed by atoms with Crippen molar-refractivity contribution in [2.45, 2.75) is 72.4 Å². The highest BCUT2D eigenvalue weighted by molar-refractivity contribution is 7.99. The zero-order valence-electron chi connectivity index (χ0n) is 46.1. The Bertz CT molecular complexity index is 3580. The summed E-state index contributed by atoms with van der Waals surface area (Å²) < 4.78 is 64.3. The van der Waals surface area contributed by atoms with E-state index in [2.05, 4.69) is 0 Å². The van der Waals surface area contributed by atoms with Gasteiger partial charge in [0.2, 0.25) is 0 Å². The van der Waals surface area contributed by atoms with Gasteiger partial charge in [-0.05, 0) is 103 Å². The summed E-state index contributed by atoms with van der Waals surface area (Å²) in [5, 5.41) is 0. The number of carbonyl (C=O) groups is 7. The van der Waals surface area contributed by atoms with Gasteiger partial charge in [-0.2, -0.15) is 0 Å². The molecule has 0 aromatic heterocycles. The molecule has 0 spiro atoms. The Kier molecular flexibility index (Phi) is 19.8. The molecule has 2 saturated heterocycles. The van der Waals surface area contributed by atoms with E-state index in [-0.39, 0.29) is 38.9 Å². The third kappa shape index (κ3) is 15.0. The van der Waals surface area contributed by atoms with E-state index < -0.39 is 116 Å². The molecule has 0 bridgehead atoms. The average molecular weight is 1180 g/mol. The normalized spacial score (nSPS) is 21.5. The first-order chi connectivity index (χ1) is 42.0. The Balaban J connectivity index is 1.09. The van der Waals surface area contributed by atoms with Gasteiger partial charge in [0.05, 0.1) is 45.6 Å². The lowest BCUT2D eigenvalue weighted by Crippen LogP contribution is -2.64. The summed E-state index contributed by atoms with van der Waals surface area (Å²) in [5.74, 6) is -6.22. The van der Waals surface area contributed by atoms with Crippen LogP contribution in [0.4, 0.5) is 0 Å². The minimum absolute atomic E-state index is 0.0508. The van der Waals surface area contributed by atoms with Crippen LogP contribution in [0.25, 0.3) is 0 Å². The van der Waals surface area contributed by atoms with Crippen molar-refractivity contribution in [1.82, 2.24) is 0 Å². The third-order valence-electron chi connectivity index (χ3n) is 13.8. The van der Waals surface area contributed by atoms with E-state index in [1.807, 2.05) is 25.1 Å². The number of hydrogen-bond acceptors (Lipinski definition) is 18. The second-order valence-electron chi connectivity index (χ2n) is 19.7. The smallest absolute Gasteiger partial charge is 0.338 e. The predicted octanol–water partition coefficient (Wildman–Crippen LogP) is 10.8. The maximum atomic E-state index is 14.5. The highest BCUT2D eigenvalue weighted by Crippen LogP contribution is 2.40. The predicted molar refractivity (Wildman–Crippen MR) is 311 cm³/mol. The molecule has 10 rings (SSSR count). The van der Waals surface area contributed by atoms with E-state index in [0.717, 1.165) is 17.3 Å². The van der Waals surface area contributed by atoms with Crippen LogP contribution in [0.15, 0.2) is 241 Å². The fourth-order valence-electron chi connectivity index (χ4n) is 9.47. The van der Waals surface area contributed by atoms with Gasteiger partial charge in [0.1, 0.15) is 24.3 Å². The van der Waals surface area contributed by atoms with Crippen molar-refractivity contribution in [3.63, 3.8) is 0 Å². The molecule has 2 fully saturated rings. The molecule has 86 heavy (non-hydrogen) atoms. The quantitative estimate of drug-likeness (QED) is 0.0513. The topological polar surface area (TPSA) is 212 Å². The Morgan fingerprint density at radius 1 is 0.326 bits per heavy atom. The van der Waals surface area contributed by atoms with Crippen molar-refractivity contribution in [2.75, 3.05) is 13.2 Å². The molecule has 10 atom stereocenters. The van der Waals surface area contributed by atoms with E-state index in [9.17, 15) is 33.6 Å². The number of ether oxygens (including phenoxy) is 10. The number of aryl methyl sites for hydroxylation is 1. The number of hydrogen-bond donors (Lipinski definition) is 0. The largest absolute Gasteiger partial charge is 0.459 e. The molecule has 17 nitrogen and oxygen atoms in total. The van der Waals surface area contributed by atoms with Gasteiger partial charge < -0.3 is 47.4 Å². The van der Waals surface area contributed by atoms with Crippen LogP contribution < -0.4 is 0 Å². The summed E-state index contributed by atoms with van der Waals surface area (Å²) in [6.07, 6.45) is -15.2. The molecular weight excluding hydrogens is 1120 g/mol. The monoisotopic (exact) mass is 1180 g/mol. The Morgan fingerprint density at radius 3 is 0.988 bits per heavy atom. The van der Waals surface area contributed by atoms with Gasteiger partial charge in [0.15, 0.2) is 42.9 Å². The van der Waals surface area contributed by atoms with Gasteiger partial charge in [0.25, 0.3) is 0 Å². The lowest BCUT2D eigenvalue weighted by atomic mass is 9.97.